The second-order valence-corrected chi connectivity index (χ2v) is 4.64. The molecule has 0 rings (SSSR count). The van der Waals surface area contributed by atoms with Crippen molar-refractivity contribution < 1.29 is 9.53 Å². The zero-order valence-corrected chi connectivity index (χ0v) is 12.6. The number of carbonyl (C=O) groups is 1. The predicted molar refractivity (Wildman–Crippen MR) is 74.2 cm³/mol. The SMILES string of the molecule is CCCN(C)CCC(C)C.CCOC(=O)CC. The Bertz CT molecular complexity index is 170. The molecule has 0 bridgehead atoms. The van der Waals surface area contributed by atoms with Gasteiger partial charge in [0.2, 0.25) is 0 Å². The molecule has 3 heteroatoms. The molecule has 0 aliphatic carbocycles. The molecule has 0 aliphatic heterocycles. The van der Waals surface area contributed by atoms with Crippen LogP contribution in [0.25, 0.3) is 0 Å². The van der Waals surface area contributed by atoms with Crippen molar-refractivity contribution in [3.8, 4) is 0 Å². The van der Waals surface area contributed by atoms with E-state index >= 15 is 0 Å². The Hall–Kier alpha value is -0.570. The summed E-state index contributed by atoms with van der Waals surface area (Å²) in [6.07, 6.45) is 3.08. The van der Waals surface area contributed by atoms with Gasteiger partial charge in [0.1, 0.15) is 0 Å². The van der Waals surface area contributed by atoms with Gasteiger partial charge in [-0.3, -0.25) is 4.79 Å². The maximum atomic E-state index is 10.2. The van der Waals surface area contributed by atoms with Gasteiger partial charge in [0.15, 0.2) is 0 Å². The number of esters is 1. The van der Waals surface area contributed by atoms with E-state index in [1.807, 2.05) is 0 Å². The third-order valence-corrected chi connectivity index (χ3v) is 2.29. The smallest absolute Gasteiger partial charge is 0.305 e. The predicted octanol–water partition coefficient (Wildman–Crippen LogP) is 3.33. The molecule has 3 nitrogen and oxygen atoms in total. The van der Waals surface area contributed by atoms with Gasteiger partial charge in [-0.15, -0.1) is 0 Å². The Balaban J connectivity index is 0. The summed E-state index contributed by atoms with van der Waals surface area (Å²) in [5, 5.41) is 0. The molecule has 0 heterocycles. The molecule has 0 aromatic heterocycles. The Morgan fingerprint density at radius 1 is 1.18 bits per heavy atom. The van der Waals surface area contributed by atoms with Gasteiger partial charge in [-0.2, -0.15) is 0 Å². The molecule has 0 unspecified atom stereocenters. The van der Waals surface area contributed by atoms with Crippen molar-refractivity contribution in [2.45, 2.75) is 53.9 Å². The van der Waals surface area contributed by atoms with Crippen LogP contribution in [-0.4, -0.2) is 37.6 Å². The lowest BCUT2D eigenvalue weighted by atomic mass is 10.1. The lowest BCUT2D eigenvalue weighted by Gasteiger charge is -2.16. The van der Waals surface area contributed by atoms with Crippen molar-refractivity contribution in [1.29, 1.82) is 0 Å². The van der Waals surface area contributed by atoms with E-state index in [1.54, 1.807) is 13.8 Å². The van der Waals surface area contributed by atoms with Crippen LogP contribution in [0.2, 0.25) is 0 Å². The first kappa shape index (κ1) is 18.8. The van der Waals surface area contributed by atoms with E-state index in [-0.39, 0.29) is 5.97 Å². The number of ether oxygens (including phenoxy) is 1. The molecule has 0 amide bonds. The highest BCUT2D eigenvalue weighted by Crippen LogP contribution is 2.00. The molecule has 0 aromatic carbocycles. The highest BCUT2D eigenvalue weighted by Gasteiger charge is 1.97. The minimum atomic E-state index is -0.123. The molecule has 0 aromatic rings. The van der Waals surface area contributed by atoms with Crippen molar-refractivity contribution in [2.75, 3.05) is 26.7 Å². The van der Waals surface area contributed by atoms with Gasteiger partial charge in [-0.1, -0.05) is 27.7 Å². The third-order valence-electron chi connectivity index (χ3n) is 2.29. The largest absolute Gasteiger partial charge is 0.466 e. The van der Waals surface area contributed by atoms with E-state index in [0.717, 1.165) is 5.92 Å². The summed E-state index contributed by atoms with van der Waals surface area (Å²) in [6.45, 7) is 13.3. The molecule has 0 radical (unpaired) electrons. The minimum absolute atomic E-state index is 0.123. The fourth-order valence-corrected chi connectivity index (χ4v) is 1.24. The van der Waals surface area contributed by atoms with Crippen LogP contribution in [0.1, 0.15) is 53.9 Å². The van der Waals surface area contributed by atoms with E-state index in [9.17, 15) is 4.79 Å². The van der Waals surface area contributed by atoms with Crippen molar-refractivity contribution in [3.05, 3.63) is 0 Å². The van der Waals surface area contributed by atoms with Gasteiger partial charge >= 0.3 is 5.97 Å². The summed E-state index contributed by atoms with van der Waals surface area (Å²) in [5.74, 6) is 0.724. The van der Waals surface area contributed by atoms with Crippen LogP contribution in [0.4, 0.5) is 0 Å². The highest BCUT2D eigenvalue weighted by molar-refractivity contribution is 5.68. The monoisotopic (exact) mass is 245 g/mol. The van der Waals surface area contributed by atoms with E-state index < -0.39 is 0 Å². The molecule has 0 saturated heterocycles. The maximum absolute atomic E-state index is 10.2. The molecule has 0 atom stereocenters. The highest BCUT2D eigenvalue weighted by atomic mass is 16.5. The van der Waals surface area contributed by atoms with Crippen molar-refractivity contribution in [1.82, 2.24) is 4.90 Å². The zero-order chi connectivity index (χ0) is 13.7. The summed E-state index contributed by atoms with van der Waals surface area (Å²) >= 11 is 0. The first-order valence-electron chi connectivity index (χ1n) is 6.81. The van der Waals surface area contributed by atoms with Crippen LogP contribution >= 0.6 is 0 Å². The van der Waals surface area contributed by atoms with Crippen LogP contribution < -0.4 is 0 Å². The van der Waals surface area contributed by atoms with Crippen LogP contribution in [0.5, 0.6) is 0 Å². The number of rotatable bonds is 7. The van der Waals surface area contributed by atoms with Crippen molar-refractivity contribution >= 4 is 5.97 Å². The summed E-state index contributed by atoms with van der Waals surface area (Å²) in [7, 11) is 2.20. The standard InChI is InChI=1S/C9H21N.C5H10O2/c1-5-7-10(4)8-6-9(2)3;1-3-5(6)7-4-2/h9H,5-8H2,1-4H3;3-4H2,1-2H3. The second kappa shape index (κ2) is 13.5. The Morgan fingerprint density at radius 3 is 2.06 bits per heavy atom. The van der Waals surface area contributed by atoms with Gasteiger partial charge in [-0.05, 0) is 45.8 Å². The van der Waals surface area contributed by atoms with Gasteiger partial charge in [0, 0.05) is 6.42 Å². The van der Waals surface area contributed by atoms with Gasteiger partial charge < -0.3 is 9.64 Å². The molecule has 104 valence electrons. The van der Waals surface area contributed by atoms with Gasteiger partial charge in [0.05, 0.1) is 6.61 Å². The third kappa shape index (κ3) is 18.0. The first-order chi connectivity index (χ1) is 7.97. The van der Waals surface area contributed by atoms with Crippen molar-refractivity contribution in [2.24, 2.45) is 5.92 Å². The fraction of sp³-hybridized carbons (Fsp3) is 0.929. The fourth-order valence-electron chi connectivity index (χ4n) is 1.24. The Labute approximate surface area is 108 Å². The van der Waals surface area contributed by atoms with E-state index in [2.05, 4.69) is 37.5 Å². The molecule has 0 fully saturated rings. The van der Waals surface area contributed by atoms with Crippen LogP contribution in [0, 0.1) is 5.92 Å². The summed E-state index contributed by atoms with van der Waals surface area (Å²) < 4.78 is 4.55. The molecule has 0 N–H and O–H groups in total. The van der Waals surface area contributed by atoms with Crippen LogP contribution in [-0.2, 0) is 9.53 Å². The number of hydrogen-bond acceptors (Lipinski definition) is 3. The Morgan fingerprint density at radius 2 is 1.76 bits per heavy atom. The van der Waals surface area contributed by atoms with E-state index in [4.69, 9.17) is 0 Å². The lowest BCUT2D eigenvalue weighted by molar-refractivity contribution is -0.142. The maximum Gasteiger partial charge on any atom is 0.305 e. The quantitative estimate of drug-likeness (QED) is 0.644. The number of nitrogens with zero attached hydrogens (tertiary/aromatic N) is 1. The summed E-state index contributed by atoms with van der Waals surface area (Å²) in [6, 6.07) is 0. The van der Waals surface area contributed by atoms with E-state index in [1.165, 1.54) is 25.9 Å². The second-order valence-electron chi connectivity index (χ2n) is 4.64. The summed E-state index contributed by atoms with van der Waals surface area (Å²) in [5.41, 5.74) is 0. The molecular formula is C14H31NO2. The average Bonchev–Trinajstić information content (AvgIpc) is 2.28. The normalized spacial score (nSPS) is 10.1. The molecule has 0 aliphatic rings. The van der Waals surface area contributed by atoms with Crippen LogP contribution in [0.15, 0.2) is 0 Å². The molecule has 0 saturated carbocycles. The molecular weight excluding hydrogens is 214 g/mol. The lowest BCUT2D eigenvalue weighted by Crippen LogP contribution is -2.21. The van der Waals surface area contributed by atoms with Crippen molar-refractivity contribution in [3.63, 3.8) is 0 Å². The molecule has 17 heavy (non-hydrogen) atoms. The first-order valence-corrected chi connectivity index (χ1v) is 6.81. The number of carbonyl (C=O) groups excluding carboxylic acids is 1. The Kier molecular flexibility index (Phi) is 14.9. The minimum Gasteiger partial charge on any atom is -0.466 e. The number of hydrogen-bond donors (Lipinski definition) is 0. The molecule has 0 spiro atoms. The average molecular weight is 245 g/mol. The zero-order valence-electron chi connectivity index (χ0n) is 12.6. The van der Waals surface area contributed by atoms with E-state index in [0.29, 0.717) is 13.0 Å². The topological polar surface area (TPSA) is 29.5 Å². The van der Waals surface area contributed by atoms with Crippen LogP contribution in [0.3, 0.4) is 0 Å². The summed E-state index contributed by atoms with van der Waals surface area (Å²) in [4.78, 5) is 12.6. The van der Waals surface area contributed by atoms with Gasteiger partial charge in [-0.25, -0.2) is 0 Å². The van der Waals surface area contributed by atoms with Gasteiger partial charge in [0.25, 0.3) is 0 Å².